The van der Waals surface area contributed by atoms with Crippen LogP contribution >= 0.6 is 0 Å². The van der Waals surface area contributed by atoms with E-state index < -0.39 is 0 Å². The lowest BCUT2D eigenvalue weighted by atomic mass is 10.1. The normalized spacial score (nSPS) is 11.9. The average Bonchev–Trinajstić information content (AvgIpc) is 2.56. The molecule has 0 bridgehead atoms. The number of nitrogens with zero attached hydrogens (tertiary/aromatic N) is 3. The Balaban J connectivity index is 2.64. The first-order valence-electron chi connectivity index (χ1n) is 5.80. The van der Waals surface area contributed by atoms with Crippen molar-refractivity contribution in [3.05, 3.63) is 35.5 Å². The van der Waals surface area contributed by atoms with E-state index in [2.05, 4.69) is 23.7 Å². The maximum atomic E-state index is 13.3. The molecule has 0 N–H and O–H groups in total. The molecule has 2 heterocycles. The van der Waals surface area contributed by atoms with Crippen LogP contribution in [-0.2, 0) is 6.54 Å². The summed E-state index contributed by atoms with van der Waals surface area (Å²) in [6, 6.07) is 3.17. The standard InChI is InChI=1S/C13H18FN3/c1-9(2)13-11(8-16(3)4)17-7-10(14)5-6-12(17)15-13/h5-7,9H,8H2,1-4H3. The molecule has 0 amide bonds. The minimum atomic E-state index is -0.231. The molecule has 4 heteroatoms. The number of halogens is 1. The molecule has 2 rings (SSSR count). The number of fused-ring (bicyclic) bond motifs is 1. The van der Waals surface area contributed by atoms with E-state index in [0.29, 0.717) is 5.92 Å². The van der Waals surface area contributed by atoms with Crippen molar-refractivity contribution in [2.45, 2.75) is 26.3 Å². The predicted molar refractivity (Wildman–Crippen MR) is 66.6 cm³/mol. The summed E-state index contributed by atoms with van der Waals surface area (Å²) in [6.07, 6.45) is 1.51. The van der Waals surface area contributed by atoms with Crippen molar-refractivity contribution in [3.63, 3.8) is 0 Å². The Morgan fingerprint density at radius 1 is 1.35 bits per heavy atom. The summed E-state index contributed by atoms with van der Waals surface area (Å²) in [6.45, 7) is 4.98. The van der Waals surface area contributed by atoms with Gasteiger partial charge in [0.1, 0.15) is 11.5 Å². The molecule has 0 radical (unpaired) electrons. The van der Waals surface area contributed by atoms with Crippen LogP contribution in [0.4, 0.5) is 4.39 Å². The summed E-state index contributed by atoms with van der Waals surface area (Å²) in [5, 5.41) is 0. The van der Waals surface area contributed by atoms with Gasteiger partial charge in [-0.25, -0.2) is 9.37 Å². The number of imidazole rings is 1. The molecular weight excluding hydrogens is 217 g/mol. The van der Waals surface area contributed by atoms with E-state index in [9.17, 15) is 4.39 Å². The van der Waals surface area contributed by atoms with Crippen LogP contribution in [0.2, 0.25) is 0 Å². The van der Waals surface area contributed by atoms with Gasteiger partial charge in [-0.3, -0.25) is 4.40 Å². The molecule has 0 fully saturated rings. The minimum absolute atomic E-state index is 0.231. The van der Waals surface area contributed by atoms with Crippen LogP contribution in [0.15, 0.2) is 18.3 Å². The lowest BCUT2D eigenvalue weighted by Gasteiger charge is -2.12. The van der Waals surface area contributed by atoms with Crippen molar-refractivity contribution < 1.29 is 4.39 Å². The third-order valence-electron chi connectivity index (χ3n) is 2.73. The van der Waals surface area contributed by atoms with Crippen LogP contribution < -0.4 is 0 Å². The molecule has 17 heavy (non-hydrogen) atoms. The Kier molecular flexibility index (Phi) is 3.15. The molecule has 0 atom stereocenters. The van der Waals surface area contributed by atoms with Crippen LogP contribution in [0.5, 0.6) is 0 Å². The molecule has 0 spiro atoms. The highest BCUT2D eigenvalue weighted by Crippen LogP contribution is 2.22. The zero-order valence-electron chi connectivity index (χ0n) is 10.7. The largest absolute Gasteiger partial charge is 0.304 e. The zero-order chi connectivity index (χ0) is 12.6. The smallest absolute Gasteiger partial charge is 0.139 e. The van der Waals surface area contributed by atoms with Gasteiger partial charge in [0.25, 0.3) is 0 Å². The van der Waals surface area contributed by atoms with Gasteiger partial charge in [-0.15, -0.1) is 0 Å². The molecule has 0 saturated carbocycles. The first-order chi connectivity index (χ1) is 7.99. The highest BCUT2D eigenvalue weighted by molar-refractivity contribution is 5.44. The maximum absolute atomic E-state index is 13.3. The van der Waals surface area contributed by atoms with Crippen molar-refractivity contribution in [1.82, 2.24) is 14.3 Å². The van der Waals surface area contributed by atoms with Crippen molar-refractivity contribution in [1.29, 1.82) is 0 Å². The minimum Gasteiger partial charge on any atom is -0.304 e. The second-order valence-corrected chi connectivity index (χ2v) is 4.91. The van der Waals surface area contributed by atoms with Gasteiger partial charge < -0.3 is 4.90 Å². The Hall–Kier alpha value is -1.42. The van der Waals surface area contributed by atoms with E-state index in [4.69, 9.17) is 0 Å². The Morgan fingerprint density at radius 2 is 2.06 bits per heavy atom. The monoisotopic (exact) mass is 235 g/mol. The number of rotatable bonds is 3. The van der Waals surface area contributed by atoms with Crippen molar-refractivity contribution in [2.75, 3.05) is 14.1 Å². The van der Waals surface area contributed by atoms with E-state index in [1.54, 1.807) is 6.07 Å². The third kappa shape index (κ3) is 2.31. The summed E-state index contributed by atoms with van der Waals surface area (Å²) in [7, 11) is 4.01. The molecular formula is C13H18FN3. The van der Waals surface area contributed by atoms with Crippen LogP contribution in [0, 0.1) is 5.82 Å². The number of hydrogen-bond acceptors (Lipinski definition) is 2. The molecule has 2 aromatic rings. The number of pyridine rings is 1. The molecule has 0 aromatic carbocycles. The van der Waals surface area contributed by atoms with E-state index in [-0.39, 0.29) is 5.82 Å². The molecule has 2 aromatic heterocycles. The van der Waals surface area contributed by atoms with Crippen molar-refractivity contribution in [2.24, 2.45) is 0 Å². The Bertz CT molecular complexity index is 529. The highest BCUT2D eigenvalue weighted by Gasteiger charge is 2.15. The molecule has 0 unspecified atom stereocenters. The molecule has 0 aliphatic carbocycles. The molecule has 0 aliphatic heterocycles. The molecule has 3 nitrogen and oxygen atoms in total. The SMILES string of the molecule is CC(C)c1nc2ccc(F)cn2c1CN(C)C. The van der Waals surface area contributed by atoms with Gasteiger partial charge in [0.15, 0.2) is 0 Å². The summed E-state index contributed by atoms with van der Waals surface area (Å²) >= 11 is 0. The Morgan fingerprint density at radius 3 is 2.65 bits per heavy atom. The number of hydrogen-bond donors (Lipinski definition) is 0. The van der Waals surface area contributed by atoms with Gasteiger partial charge in [0.2, 0.25) is 0 Å². The van der Waals surface area contributed by atoms with E-state index in [0.717, 1.165) is 23.6 Å². The van der Waals surface area contributed by atoms with Crippen LogP contribution in [0.1, 0.15) is 31.2 Å². The average molecular weight is 235 g/mol. The second-order valence-electron chi connectivity index (χ2n) is 4.91. The van der Waals surface area contributed by atoms with E-state index >= 15 is 0 Å². The summed E-state index contributed by atoms with van der Waals surface area (Å²) in [4.78, 5) is 6.65. The zero-order valence-corrected chi connectivity index (χ0v) is 10.7. The quantitative estimate of drug-likeness (QED) is 0.815. The fourth-order valence-corrected chi connectivity index (χ4v) is 2.00. The van der Waals surface area contributed by atoms with E-state index in [1.807, 2.05) is 18.5 Å². The van der Waals surface area contributed by atoms with Crippen LogP contribution in [0.25, 0.3) is 5.65 Å². The van der Waals surface area contributed by atoms with Gasteiger partial charge in [-0.05, 0) is 32.1 Å². The van der Waals surface area contributed by atoms with Crippen molar-refractivity contribution >= 4 is 5.65 Å². The molecule has 0 aliphatic rings. The van der Waals surface area contributed by atoms with Gasteiger partial charge in [-0.1, -0.05) is 13.8 Å². The van der Waals surface area contributed by atoms with Crippen LogP contribution in [-0.4, -0.2) is 28.4 Å². The Labute approximate surface area is 101 Å². The fraction of sp³-hybridized carbons (Fsp3) is 0.462. The topological polar surface area (TPSA) is 20.5 Å². The first kappa shape index (κ1) is 12.0. The maximum Gasteiger partial charge on any atom is 0.139 e. The fourth-order valence-electron chi connectivity index (χ4n) is 2.00. The summed E-state index contributed by atoms with van der Waals surface area (Å²) < 4.78 is 15.2. The van der Waals surface area contributed by atoms with Gasteiger partial charge >= 0.3 is 0 Å². The first-order valence-corrected chi connectivity index (χ1v) is 5.80. The lowest BCUT2D eigenvalue weighted by Crippen LogP contribution is -2.14. The van der Waals surface area contributed by atoms with Crippen molar-refractivity contribution in [3.8, 4) is 0 Å². The van der Waals surface area contributed by atoms with Crippen LogP contribution in [0.3, 0.4) is 0 Å². The lowest BCUT2D eigenvalue weighted by molar-refractivity contribution is 0.392. The molecule has 92 valence electrons. The molecule has 0 saturated heterocycles. The predicted octanol–water partition coefficient (Wildman–Crippen LogP) is 2.66. The van der Waals surface area contributed by atoms with E-state index in [1.165, 1.54) is 12.3 Å². The van der Waals surface area contributed by atoms with Gasteiger partial charge in [0.05, 0.1) is 11.4 Å². The van der Waals surface area contributed by atoms with Gasteiger partial charge in [-0.2, -0.15) is 0 Å². The number of aromatic nitrogens is 2. The third-order valence-corrected chi connectivity index (χ3v) is 2.73. The summed E-state index contributed by atoms with van der Waals surface area (Å²) in [5.41, 5.74) is 2.93. The van der Waals surface area contributed by atoms with Gasteiger partial charge in [0, 0.05) is 12.7 Å². The summed E-state index contributed by atoms with van der Waals surface area (Å²) in [5.74, 6) is 0.109. The second kappa shape index (κ2) is 4.45. The highest BCUT2D eigenvalue weighted by atomic mass is 19.1.